The van der Waals surface area contributed by atoms with Crippen molar-refractivity contribution in [2.75, 3.05) is 44.2 Å². The van der Waals surface area contributed by atoms with Crippen molar-refractivity contribution in [1.82, 2.24) is 14.8 Å². The molecule has 0 unspecified atom stereocenters. The monoisotopic (exact) mass is 382 g/mol. The zero-order chi connectivity index (χ0) is 19.7. The van der Waals surface area contributed by atoms with Crippen molar-refractivity contribution < 1.29 is 9.21 Å². The van der Waals surface area contributed by atoms with Gasteiger partial charge in [-0.15, -0.1) is 0 Å². The summed E-state index contributed by atoms with van der Waals surface area (Å²) in [4.78, 5) is 24.2. The number of hydrogen-bond acceptors (Lipinski definition) is 5. The molecule has 150 valence electrons. The predicted molar refractivity (Wildman–Crippen MR) is 110 cm³/mol. The third kappa shape index (κ3) is 3.92. The predicted octanol–water partition coefficient (Wildman–Crippen LogP) is 3.03. The Morgan fingerprint density at radius 3 is 2.43 bits per heavy atom. The van der Waals surface area contributed by atoms with Crippen LogP contribution in [-0.4, -0.2) is 66.0 Å². The number of aromatic nitrogens is 1. The third-order valence-corrected chi connectivity index (χ3v) is 6.04. The molecule has 2 aliphatic rings. The van der Waals surface area contributed by atoms with E-state index in [1.165, 1.54) is 5.69 Å². The van der Waals surface area contributed by atoms with Gasteiger partial charge in [-0.1, -0.05) is 12.1 Å². The van der Waals surface area contributed by atoms with E-state index in [4.69, 9.17) is 4.42 Å². The Kier molecular flexibility index (Phi) is 5.40. The molecule has 0 bridgehead atoms. The first-order valence-corrected chi connectivity index (χ1v) is 10.3. The van der Waals surface area contributed by atoms with Gasteiger partial charge >= 0.3 is 0 Å². The fraction of sp³-hybridized carbons (Fsp3) is 0.545. The Morgan fingerprint density at radius 1 is 1.11 bits per heavy atom. The molecule has 2 fully saturated rings. The second-order valence-electron chi connectivity index (χ2n) is 8.19. The lowest BCUT2D eigenvalue weighted by molar-refractivity contribution is -0.136. The summed E-state index contributed by atoms with van der Waals surface area (Å²) >= 11 is 0. The highest BCUT2D eigenvalue weighted by Crippen LogP contribution is 2.28. The molecule has 3 heterocycles. The quantitative estimate of drug-likeness (QED) is 0.814. The van der Waals surface area contributed by atoms with E-state index in [9.17, 15) is 4.79 Å². The van der Waals surface area contributed by atoms with Gasteiger partial charge in [-0.25, -0.2) is 4.98 Å². The van der Waals surface area contributed by atoms with Crippen LogP contribution in [0.4, 0.5) is 5.69 Å². The molecule has 0 saturated carbocycles. The summed E-state index contributed by atoms with van der Waals surface area (Å²) < 4.78 is 5.30. The molecular formula is C22H30N4O2. The first-order chi connectivity index (χ1) is 13.5. The molecule has 0 aliphatic carbocycles. The first kappa shape index (κ1) is 19.0. The van der Waals surface area contributed by atoms with Gasteiger partial charge in [0.15, 0.2) is 5.89 Å². The molecule has 0 N–H and O–H groups in total. The maximum absolute atomic E-state index is 13.0. The topological polar surface area (TPSA) is 52.8 Å². The molecule has 28 heavy (non-hydrogen) atoms. The zero-order valence-corrected chi connectivity index (χ0v) is 17.1. The summed E-state index contributed by atoms with van der Waals surface area (Å²) in [7, 11) is 0. The van der Waals surface area contributed by atoms with Crippen LogP contribution in [0.2, 0.25) is 0 Å². The lowest BCUT2D eigenvalue weighted by Crippen LogP contribution is -2.52. The molecular weight excluding hydrogens is 352 g/mol. The number of amides is 1. The van der Waals surface area contributed by atoms with Crippen LogP contribution < -0.4 is 4.90 Å². The lowest BCUT2D eigenvalue weighted by Gasteiger charge is -2.37. The Morgan fingerprint density at radius 2 is 1.82 bits per heavy atom. The molecule has 0 spiro atoms. The van der Waals surface area contributed by atoms with Gasteiger partial charge in [0.25, 0.3) is 0 Å². The third-order valence-electron chi connectivity index (χ3n) is 6.04. The summed E-state index contributed by atoms with van der Waals surface area (Å²) in [5, 5.41) is 0. The van der Waals surface area contributed by atoms with E-state index in [0.717, 1.165) is 56.9 Å². The number of rotatable bonds is 4. The molecule has 1 atom stereocenters. The van der Waals surface area contributed by atoms with Crippen LogP contribution in [0, 0.1) is 12.8 Å². The van der Waals surface area contributed by atoms with Crippen LogP contribution in [-0.2, 0) is 4.79 Å². The van der Waals surface area contributed by atoms with E-state index >= 15 is 0 Å². The van der Waals surface area contributed by atoms with Crippen molar-refractivity contribution in [3.05, 3.63) is 36.4 Å². The first-order valence-electron chi connectivity index (χ1n) is 10.3. The van der Waals surface area contributed by atoms with Crippen molar-refractivity contribution in [2.24, 2.45) is 5.92 Å². The summed E-state index contributed by atoms with van der Waals surface area (Å²) in [5.41, 5.74) is 3.08. The number of piperazine rings is 1. The van der Waals surface area contributed by atoms with Crippen LogP contribution in [0.25, 0.3) is 11.3 Å². The second-order valence-corrected chi connectivity index (χ2v) is 8.19. The zero-order valence-electron chi connectivity index (χ0n) is 17.1. The minimum Gasteiger partial charge on any atom is -0.449 e. The number of nitrogens with zero attached hydrogens (tertiary/aromatic N) is 4. The molecule has 2 aromatic rings. The standard InChI is InChI=1S/C22H30N4O2/c1-16(2)24-10-12-25(13-11-24)22(27)19-8-9-26(14-19)20-6-4-18(5-7-20)21-15-28-17(3)23-21/h4-7,15-16,19H,8-14H2,1-3H3/t19-/m1/s1. The minimum atomic E-state index is 0.114. The van der Waals surface area contributed by atoms with E-state index in [1.54, 1.807) is 6.26 Å². The highest BCUT2D eigenvalue weighted by atomic mass is 16.3. The Bertz CT molecular complexity index is 806. The molecule has 6 heteroatoms. The van der Waals surface area contributed by atoms with Gasteiger partial charge in [0.2, 0.25) is 5.91 Å². The van der Waals surface area contributed by atoms with Crippen LogP contribution >= 0.6 is 0 Å². The molecule has 2 aliphatic heterocycles. The Hall–Kier alpha value is -2.34. The molecule has 4 rings (SSSR count). The Labute approximate surface area is 167 Å². The van der Waals surface area contributed by atoms with Crippen LogP contribution in [0.1, 0.15) is 26.2 Å². The normalized spacial score (nSPS) is 20.9. The second kappa shape index (κ2) is 7.95. The SMILES string of the molecule is Cc1nc(-c2ccc(N3CC[C@@H](C(=O)N4CCN(C(C)C)CC4)C3)cc2)co1. The van der Waals surface area contributed by atoms with E-state index < -0.39 is 0 Å². The van der Waals surface area contributed by atoms with Gasteiger partial charge in [0.1, 0.15) is 12.0 Å². The van der Waals surface area contributed by atoms with Gasteiger partial charge < -0.3 is 14.2 Å². The van der Waals surface area contributed by atoms with Gasteiger partial charge in [-0.3, -0.25) is 9.69 Å². The molecule has 1 aromatic carbocycles. The van der Waals surface area contributed by atoms with Crippen molar-refractivity contribution in [3.63, 3.8) is 0 Å². The van der Waals surface area contributed by atoms with E-state index in [2.05, 4.69) is 57.8 Å². The maximum atomic E-state index is 13.0. The number of carbonyl (C=O) groups is 1. The average Bonchev–Trinajstić information content (AvgIpc) is 3.37. The fourth-order valence-corrected chi connectivity index (χ4v) is 4.25. The summed E-state index contributed by atoms with van der Waals surface area (Å²) in [5.74, 6) is 1.12. The number of anilines is 1. The van der Waals surface area contributed by atoms with E-state index in [-0.39, 0.29) is 5.92 Å². The van der Waals surface area contributed by atoms with Crippen molar-refractivity contribution >= 4 is 11.6 Å². The smallest absolute Gasteiger partial charge is 0.227 e. The van der Waals surface area contributed by atoms with E-state index in [0.29, 0.717) is 17.8 Å². The highest BCUT2D eigenvalue weighted by Gasteiger charge is 2.33. The fourth-order valence-electron chi connectivity index (χ4n) is 4.25. The molecule has 1 amide bonds. The number of carbonyl (C=O) groups excluding carboxylic acids is 1. The van der Waals surface area contributed by atoms with Crippen LogP contribution in [0.3, 0.4) is 0 Å². The van der Waals surface area contributed by atoms with Gasteiger partial charge in [-0.2, -0.15) is 0 Å². The molecule has 2 saturated heterocycles. The summed E-state index contributed by atoms with van der Waals surface area (Å²) in [6, 6.07) is 8.95. The van der Waals surface area contributed by atoms with Crippen molar-refractivity contribution in [1.29, 1.82) is 0 Å². The molecule has 1 aromatic heterocycles. The number of aryl methyl sites for hydroxylation is 1. The number of benzene rings is 1. The minimum absolute atomic E-state index is 0.114. The maximum Gasteiger partial charge on any atom is 0.227 e. The van der Waals surface area contributed by atoms with Gasteiger partial charge in [0.05, 0.1) is 5.92 Å². The lowest BCUT2D eigenvalue weighted by atomic mass is 10.1. The summed E-state index contributed by atoms with van der Waals surface area (Å²) in [6.07, 6.45) is 2.63. The Balaban J connectivity index is 1.34. The summed E-state index contributed by atoms with van der Waals surface area (Å²) in [6.45, 7) is 11.7. The largest absolute Gasteiger partial charge is 0.449 e. The molecule has 6 nitrogen and oxygen atoms in total. The van der Waals surface area contributed by atoms with Crippen LogP contribution in [0.5, 0.6) is 0 Å². The van der Waals surface area contributed by atoms with Crippen molar-refractivity contribution in [2.45, 2.75) is 33.2 Å². The highest BCUT2D eigenvalue weighted by molar-refractivity contribution is 5.80. The van der Waals surface area contributed by atoms with Gasteiger partial charge in [-0.05, 0) is 32.4 Å². The van der Waals surface area contributed by atoms with E-state index in [1.807, 2.05) is 6.92 Å². The molecule has 0 radical (unpaired) electrons. The van der Waals surface area contributed by atoms with Gasteiger partial charge in [0, 0.05) is 63.5 Å². The average molecular weight is 383 g/mol. The van der Waals surface area contributed by atoms with Crippen molar-refractivity contribution in [3.8, 4) is 11.3 Å². The number of hydrogen-bond donors (Lipinski definition) is 0. The van der Waals surface area contributed by atoms with Crippen LogP contribution in [0.15, 0.2) is 34.9 Å². The number of oxazole rings is 1.